The lowest BCUT2D eigenvalue weighted by atomic mass is 10.1. The van der Waals surface area contributed by atoms with Crippen LogP contribution in [0.4, 0.5) is 0 Å². The Kier molecular flexibility index (Phi) is 3.64. The molecule has 0 saturated heterocycles. The highest BCUT2D eigenvalue weighted by Crippen LogP contribution is 2.24. The van der Waals surface area contributed by atoms with Crippen LogP contribution in [0.3, 0.4) is 0 Å². The van der Waals surface area contributed by atoms with E-state index in [0.29, 0.717) is 0 Å². The smallest absolute Gasteiger partial charge is 0.00698 e. The third-order valence-corrected chi connectivity index (χ3v) is 2.48. The number of hydrogen-bond donors (Lipinski definition) is 1. The highest BCUT2D eigenvalue weighted by molar-refractivity contribution is 4.79. The van der Waals surface area contributed by atoms with Gasteiger partial charge in [-0.05, 0) is 38.1 Å². The van der Waals surface area contributed by atoms with Crippen LogP contribution in [0.2, 0.25) is 0 Å². The van der Waals surface area contributed by atoms with Crippen molar-refractivity contribution in [2.24, 2.45) is 5.92 Å². The first-order valence-corrected chi connectivity index (χ1v) is 4.67. The zero-order valence-electron chi connectivity index (χ0n) is 7.47. The monoisotopic (exact) mass is 153 g/mol. The molecular weight excluding hydrogens is 134 g/mol. The van der Waals surface area contributed by atoms with Gasteiger partial charge in [0, 0.05) is 6.04 Å². The highest BCUT2D eigenvalue weighted by atomic mass is 14.9. The average molecular weight is 153 g/mol. The van der Waals surface area contributed by atoms with Gasteiger partial charge in [0.2, 0.25) is 0 Å². The maximum Gasteiger partial charge on any atom is 0.00698 e. The van der Waals surface area contributed by atoms with Crippen LogP contribution in [-0.4, -0.2) is 12.6 Å². The standard InChI is InChI=1S/C10H19N/c1-3-4-7-11-10-6-5-9(2)8-10/h3,9-11H,1,4-8H2,2H3. The van der Waals surface area contributed by atoms with E-state index < -0.39 is 0 Å². The van der Waals surface area contributed by atoms with E-state index in [1.165, 1.54) is 19.3 Å². The summed E-state index contributed by atoms with van der Waals surface area (Å²) >= 11 is 0. The fraction of sp³-hybridized carbons (Fsp3) is 0.800. The van der Waals surface area contributed by atoms with Gasteiger partial charge in [-0.15, -0.1) is 6.58 Å². The molecule has 64 valence electrons. The molecule has 0 aromatic rings. The molecule has 2 unspecified atom stereocenters. The van der Waals surface area contributed by atoms with E-state index in [4.69, 9.17) is 0 Å². The topological polar surface area (TPSA) is 12.0 Å². The lowest BCUT2D eigenvalue weighted by molar-refractivity contribution is 0.508. The quantitative estimate of drug-likeness (QED) is 0.483. The maximum atomic E-state index is 3.70. The van der Waals surface area contributed by atoms with Gasteiger partial charge in [-0.2, -0.15) is 0 Å². The van der Waals surface area contributed by atoms with Crippen LogP contribution in [0.1, 0.15) is 32.6 Å². The maximum absolute atomic E-state index is 3.70. The molecule has 11 heavy (non-hydrogen) atoms. The fourth-order valence-corrected chi connectivity index (χ4v) is 1.78. The summed E-state index contributed by atoms with van der Waals surface area (Å²) in [6.07, 6.45) is 7.23. The Balaban J connectivity index is 2.03. The van der Waals surface area contributed by atoms with E-state index in [-0.39, 0.29) is 0 Å². The molecule has 0 amide bonds. The average Bonchev–Trinajstić information content (AvgIpc) is 2.37. The second kappa shape index (κ2) is 4.55. The molecule has 1 saturated carbocycles. The molecule has 0 radical (unpaired) electrons. The van der Waals surface area contributed by atoms with Crippen LogP contribution >= 0.6 is 0 Å². The molecular formula is C10H19N. The van der Waals surface area contributed by atoms with Gasteiger partial charge in [0.25, 0.3) is 0 Å². The van der Waals surface area contributed by atoms with Crippen molar-refractivity contribution in [3.8, 4) is 0 Å². The van der Waals surface area contributed by atoms with Crippen molar-refractivity contribution in [2.45, 2.75) is 38.6 Å². The first-order chi connectivity index (χ1) is 5.33. The Bertz CT molecular complexity index is 120. The molecule has 0 aliphatic heterocycles. The summed E-state index contributed by atoms with van der Waals surface area (Å²) in [5, 5.41) is 3.54. The van der Waals surface area contributed by atoms with Crippen molar-refractivity contribution >= 4 is 0 Å². The van der Waals surface area contributed by atoms with Crippen LogP contribution in [0.25, 0.3) is 0 Å². The van der Waals surface area contributed by atoms with Crippen molar-refractivity contribution in [3.05, 3.63) is 12.7 Å². The summed E-state index contributed by atoms with van der Waals surface area (Å²) in [6.45, 7) is 7.15. The Morgan fingerprint density at radius 2 is 2.36 bits per heavy atom. The molecule has 2 atom stereocenters. The van der Waals surface area contributed by atoms with Gasteiger partial charge in [0.05, 0.1) is 0 Å². The van der Waals surface area contributed by atoms with Gasteiger partial charge >= 0.3 is 0 Å². The normalized spacial score (nSPS) is 30.6. The van der Waals surface area contributed by atoms with Gasteiger partial charge in [0.1, 0.15) is 0 Å². The van der Waals surface area contributed by atoms with Crippen molar-refractivity contribution in [2.75, 3.05) is 6.54 Å². The van der Waals surface area contributed by atoms with Gasteiger partial charge in [-0.1, -0.05) is 13.0 Å². The predicted molar refractivity (Wildman–Crippen MR) is 49.6 cm³/mol. The second-order valence-electron chi connectivity index (χ2n) is 3.65. The minimum absolute atomic E-state index is 0.796. The first-order valence-electron chi connectivity index (χ1n) is 4.67. The lowest BCUT2D eigenvalue weighted by Gasteiger charge is -2.10. The van der Waals surface area contributed by atoms with Crippen LogP contribution in [0.15, 0.2) is 12.7 Å². The van der Waals surface area contributed by atoms with Crippen LogP contribution < -0.4 is 5.32 Å². The summed E-state index contributed by atoms with van der Waals surface area (Å²) in [4.78, 5) is 0. The van der Waals surface area contributed by atoms with Gasteiger partial charge < -0.3 is 5.32 Å². The van der Waals surface area contributed by atoms with Crippen LogP contribution in [-0.2, 0) is 0 Å². The van der Waals surface area contributed by atoms with Crippen LogP contribution in [0.5, 0.6) is 0 Å². The zero-order valence-corrected chi connectivity index (χ0v) is 7.47. The predicted octanol–water partition coefficient (Wildman–Crippen LogP) is 2.34. The summed E-state index contributed by atoms with van der Waals surface area (Å²) in [5.41, 5.74) is 0. The van der Waals surface area contributed by atoms with Gasteiger partial charge in [-0.3, -0.25) is 0 Å². The van der Waals surface area contributed by atoms with E-state index in [1.54, 1.807) is 0 Å². The summed E-state index contributed by atoms with van der Waals surface area (Å²) in [6, 6.07) is 0.796. The molecule has 1 fully saturated rings. The number of hydrogen-bond acceptors (Lipinski definition) is 1. The summed E-state index contributed by atoms with van der Waals surface area (Å²) in [7, 11) is 0. The Hall–Kier alpha value is -0.300. The molecule has 1 rings (SSSR count). The fourth-order valence-electron chi connectivity index (χ4n) is 1.78. The Morgan fingerprint density at radius 1 is 1.55 bits per heavy atom. The van der Waals surface area contributed by atoms with Crippen molar-refractivity contribution < 1.29 is 0 Å². The minimum atomic E-state index is 0.796. The van der Waals surface area contributed by atoms with Gasteiger partial charge in [0.15, 0.2) is 0 Å². The summed E-state index contributed by atoms with van der Waals surface area (Å²) < 4.78 is 0. The highest BCUT2D eigenvalue weighted by Gasteiger charge is 2.19. The molecule has 1 aliphatic rings. The minimum Gasteiger partial charge on any atom is -0.314 e. The molecule has 0 aromatic carbocycles. The third-order valence-electron chi connectivity index (χ3n) is 2.48. The first kappa shape index (κ1) is 8.79. The molecule has 1 aliphatic carbocycles. The zero-order chi connectivity index (χ0) is 8.10. The van der Waals surface area contributed by atoms with Gasteiger partial charge in [-0.25, -0.2) is 0 Å². The van der Waals surface area contributed by atoms with E-state index in [9.17, 15) is 0 Å². The molecule has 1 nitrogen and oxygen atoms in total. The Labute approximate surface area is 69.9 Å². The third kappa shape index (κ3) is 3.06. The van der Waals surface area contributed by atoms with E-state index in [2.05, 4.69) is 18.8 Å². The largest absolute Gasteiger partial charge is 0.314 e. The molecule has 1 heteroatoms. The molecule has 0 heterocycles. The SMILES string of the molecule is C=CCCNC1CCC(C)C1. The van der Waals surface area contributed by atoms with Crippen molar-refractivity contribution in [3.63, 3.8) is 0 Å². The van der Waals surface area contributed by atoms with Crippen LogP contribution in [0, 0.1) is 5.92 Å². The van der Waals surface area contributed by atoms with Crippen molar-refractivity contribution in [1.29, 1.82) is 0 Å². The number of nitrogens with one attached hydrogen (secondary N) is 1. The Morgan fingerprint density at radius 3 is 2.91 bits per heavy atom. The molecule has 0 bridgehead atoms. The van der Waals surface area contributed by atoms with E-state index in [0.717, 1.165) is 24.9 Å². The lowest BCUT2D eigenvalue weighted by Crippen LogP contribution is -2.26. The second-order valence-corrected chi connectivity index (χ2v) is 3.65. The molecule has 0 spiro atoms. The van der Waals surface area contributed by atoms with E-state index in [1.807, 2.05) is 6.08 Å². The molecule has 0 aromatic heterocycles. The van der Waals surface area contributed by atoms with Crippen molar-refractivity contribution in [1.82, 2.24) is 5.32 Å². The van der Waals surface area contributed by atoms with E-state index >= 15 is 0 Å². The number of rotatable bonds is 4. The summed E-state index contributed by atoms with van der Waals surface area (Å²) in [5.74, 6) is 0.941. The molecule has 1 N–H and O–H groups in total.